The zero-order chi connectivity index (χ0) is 11.3. The van der Waals surface area contributed by atoms with Crippen LogP contribution in [0.2, 0.25) is 0 Å². The number of methoxy groups -OCH3 is 1. The van der Waals surface area contributed by atoms with E-state index in [-0.39, 0.29) is 5.97 Å². The quantitative estimate of drug-likeness (QED) is 0.432. The van der Waals surface area contributed by atoms with Gasteiger partial charge in [-0.15, -0.1) is 0 Å². The average Bonchev–Trinajstić information content (AvgIpc) is 2.28. The first kappa shape index (κ1) is 11.2. The van der Waals surface area contributed by atoms with Crippen LogP contribution >= 0.6 is 0 Å². The first-order valence-corrected chi connectivity index (χ1v) is 4.63. The van der Waals surface area contributed by atoms with E-state index in [1.165, 1.54) is 7.11 Å². The molecule has 0 aliphatic carbocycles. The van der Waals surface area contributed by atoms with Crippen LogP contribution in [0.4, 0.5) is 0 Å². The number of ether oxygens (including phenoxy) is 2. The van der Waals surface area contributed by atoms with E-state index in [0.717, 1.165) is 5.56 Å². The maximum atomic E-state index is 11.1. The fourth-order valence-corrected chi connectivity index (χ4v) is 1.13. The van der Waals surface area contributed by atoms with Crippen LogP contribution in [0, 0.1) is 0 Å². The van der Waals surface area contributed by atoms with Crippen LogP contribution in [-0.2, 0) is 9.47 Å². The standard InChI is InChI=1S/C11H13NO3/c1-3-15-10(12)8-4-6-9(7-5-8)11(13)14-2/h4-7,12H,3H2,1-2H3/p+1. The Balaban J connectivity index is 2.80. The van der Waals surface area contributed by atoms with Crippen molar-refractivity contribution in [2.45, 2.75) is 6.92 Å². The molecule has 4 heteroatoms. The average molecular weight is 208 g/mol. The molecule has 0 unspecified atom stereocenters. The third-order valence-corrected chi connectivity index (χ3v) is 1.89. The molecule has 80 valence electrons. The van der Waals surface area contributed by atoms with Gasteiger partial charge in [-0.25, -0.2) is 10.2 Å². The zero-order valence-corrected chi connectivity index (χ0v) is 8.82. The molecular weight excluding hydrogens is 194 g/mol. The summed E-state index contributed by atoms with van der Waals surface area (Å²) in [7, 11) is 1.34. The van der Waals surface area contributed by atoms with Crippen LogP contribution < -0.4 is 5.41 Å². The first-order chi connectivity index (χ1) is 7.19. The van der Waals surface area contributed by atoms with Gasteiger partial charge >= 0.3 is 11.9 Å². The highest BCUT2D eigenvalue weighted by molar-refractivity contribution is 5.93. The SMILES string of the molecule is CCOC(=[NH2+])c1ccc(C(=O)OC)cc1. The van der Waals surface area contributed by atoms with E-state index < -0.39 is 0 Å². The highest BCUT2D eigenvalue weighted by Gasteiger charge is 2.09. The second kappa shape index (κ2) is 5.14. The maximum absolute atomic E-state index is 11.1. The summed E-state index contributed by atoms with van der Waals surface area (Å²) in [6.07, 6.45) is 0. The second-order valence-corrected chi connectivity index (χ2v) is 2.87. The van der Waals surface area contributed by atoms with E-state index in [1.807, 2.05) is 6.92 Å². The van der Waals surface area contributed by atoms with Gasteiger partial charge < -0.3 is 9.47 Å². The number of carbonyl (C=O) groups excluding carboxylic acids is 1. The Labute approximate surface area is 88.3 Å². The maximum Gasteiger partial charge on any atom is 0.366 e. The monoisotopic (exact) mass is 208 g/mol. The Morgan fingerprint density at radius 1 is 1.27 bits per heavy atom. The van der Waals surface area contributed by atoms with Crippen molar-refractivity contribution in [3.63, 3.8) is 0 Å². The molecule has 0 atom stereocenters. The number of benzene rings is 1. The number of esters is 1. The largest absolute Gasteiger partial charge is 0.465 e. The predicted molar refractivity (Wildman–Crippen MR) is 55.4 cm³/mol. The Bertz CT molecular complexity index is 357. The van der Waals surface area contributed by atoms with Gasteiger partial charge in [0, 0.05) is 0 Å². The normalized spacial score (nSPS) is 9.47. The first-order valence-electron chi connectivity index (χ1n) is 4.63. The number of nitrogens with two attached hydrogens (primary N) is 1. The van der Waals surface area contributed by atoms with Gasteiger partial charge in [-0.2, -0.15) is 0 Å². The van der Waals surface area contributed by atoms with Crippen molar-refractivity contribution < 1.29 is 19.7 Å². The molecule has 0 radical (unpaired) electrons. The molecule has 1 aromatic rings. The number of rotatable bonds is 3. The topological polar surface area (TPSA) is 61.1 Å². The third-order valence-electron chi connectivity index (χ3n) is 1.89. The van der Waals surface area contributed by atoms with Gasteiger partial charge in [0.25, 0.3) is 0 Å². The van der Waals surface area contributed by atoms with E-state index in [2.05, 4.69) is 4.74 Å². The molecule has 4 nitrogen and oxygen atoms in total. The Hall–Kier alpha value is -1.84. The Kier molecular flexibility index (Phi) is 3.85. The van der Waals surface area contributed by atoms with Crippen LogP contribution in [-0.4, -0.2) is 25.6 Å². The summed E-state index contributed by atoms with van der Waals surface area (Å²) in [6, 6.07) is 6.73. The minimum atomic E-state index is -0.364. The van der Waals surface area contributed by atoms with E-state index in [9.17, 15) is 4.79 Å². The van der Waals surface area contributed by atoms with Crippen molar-refractivity contribution in [2.24, 2.45) is 0 Å². The molecular formula is C11H14NO3+. The summed E-state index contributed by atoms with van der Waals surface area (Å²) in [6.45, 7) is 2.38. The number of hydrogen-bond donors (Lipinski definition) is 1. The van der Waals surface area contributed by atoms with Crippen LogP contribution in [0.3, 0.4) is 0 Å². The van der Waals surface area contributed by atoms with Gasteiger partial charge in [-0.3, -0.25) is 0 Å². The molecule has 15 heavy (non-hydrogen) atoms. The van der Waals surface area contributed by atoms with Gasteiger partial charge in [-0.05, 0) is 31.2 Å². The van der Waals surface area contributed by atoms with Crippen molar-refractivity contribution in [1.82, 2.24) is 0 Å². The third kappa shape index (κ3) is 2.80. The molecule has 0 bridgehead atoms. The van der Waals surface area contributed by atoms with Crippen LogP contribution in [0.5, 0.6) is 0 Å². The number of carbonyl (C=O) groups is 1. The highest BCUT2D eigenvalue weighted by Crippen LogP contribution is 2.05. The Morgan fingerprint density at radius 2 is 1.80 bits per heavy atom. The lowest BCUT2D eigenvalue weighted by Gasteiger charge is -2.01. The van der Waals surface area contributed by atoms with E-state index in [0.29, 0.717) is 18.1 Å². The van der Waals surface area contributed by atoms with Crippen molar-refractivity contribution in [3.05, 3.63) is 35.4 Å². The fourth-order valence-electron chi connectivity index (χ4n) is 1.13. The van der Waals surface area contributed by atoms with Crippen LogP contribution in [0.15, 0.2) is 24.3 Å². The van der Waals surface area contributed by atoms with E-state index in [4.69, 9.17) is 10.1 Å². The van der Waals surface area contributed by atoms with Crippen molar-refractivity contribution >= 4 is 11.9 Å². The molecule has 0 heterocycles. The van der Waals surface area contributed by atoms with Crippen molar-refractivity contribution in [3.8, 4) is 0 Å². The molecule has 2 N–H and O–H groups in total. The molecule has 0 aliphatic rings. The number of hydrogen-bond acceptors (Lipinski definition) is 3. The van der Waals surface area contributed by atoms with Gasteiger partial charge in [0.1, 0.15) is 0 Å². The summed E-state index contributed by atoms with van der Waals surface area (Å²) < 4.78 is 9.71. The summed E-state index contributed by atoms with van der Waals surface area (Å²) >= 11 is 0. The van der Waals surface area contributed by atoms with Gasteiger partial charge in [-0.1, -0.05) is 0 Å². The molecule has 1 aromatic carbocycles. The lowest BCUT2D eigenvalue weighted by molar-refractivity contribution is -0.138. The fraction of sp³-hybridized carbons (Fsp3) is 0.273. The molecule has 1 rings (SSSR count). The van der Waals surface area contributed by atoms with Gasteiger partial charge in [0.2, 0.25) is 0 Å². The van der Waals surface area contributed by atoms with Gasteiger partial charge in [0.05, 0.1) is 24.8 Å². The minimum absolute atomic E-state index is 0.355. The zero-order valence-electron chi connectivity index (χ0n) is 8.82. The summed E-state index contributed by atoms with van der Waals surface area (Å²) in [5.41, 5.74) is 1.25. The molecule has 0 aromatic heterocycles. The van der Waals surface area contributed by atoms with Crippen LogP contribution in [0.25, 0.3) is 0 Å². The minimum Gasteiger partial charge on any atom is -0.465 e. The van der Waals surface area contributed by atoms with Crippen LogP contribution in [0.1, 0.15) is 22.8 Å². The van der Waals surface area contributed by atoms with E-state index >= 15 is 0 Å². The lowest BCUT2D eigenvalue weighted by Crippen LogP contribution is -2.42. The molecule has 0 spiro atoms. The second-order valence-electron chi connectivity index (χ2n) is 2.87. The van der Waals surface area contributed by atoms with Crippen molar-refractivity contribution in [1.29, 1.82) is 0 Å². The summed E-state index contributed by atoms with van der Waals surface area (Å²) in [4.78, 5) is 11.1. The van der Waals surface area contributed by atoms with Gasteiger partial charge in [0.15, 0.2) is 0 Å². The molecule has 0 aliphatic heterocycles. The molecule has 0 amide bonds. The van der Waals surface area contributed by atoms with E-state index in [1.54, 1.807) is 24.3 Å². The lowest BCUT2D eigenvalue weighted by atomic mass is 10.1. The molecule has 0 saturated carbocycles. The smallest absolute Gasteiger partial charge is 0.366 e. The van der Waals surface area contributed by atoms with Crippen molar-refractivity contribution in [2.75, 3.05) is 13.7 Å². The molecule has 0 fully saturated rings. The highest BCUT2D eigenvalue weighted by atomic mass is 16.5. The Morgan fingerprint density at radius 3 is 2.27 bits per heavy atom. The predicted octanol–water partition coefficient (Wildman–Crippen LogP) is 0.0154. The summed E-state index contributed by atoms with van der Waals surface area (Å²) in [5, 5.41) is 5.64. The summed E-state index contributed by atoms with van der Waals surface area (Å²) in [5.74, 6) is -0.00885. The molecule has 0 saturated heterocycles.